The second-order valence-electron chi connectivity index (χ2n) is 8.67. The lowest BCUT2D eigenvalue weighted by molar-refractivity contribution is -0.129. The fourth-order valence-electron chi connectivity index (χ4n) is 4.06. The number of rotatable bonds is 7. The van der Waals surface area contributed by atoms with E-state index >= 15 is 0 Å². The van der Waals surface area contributed by atoms with E-state index in [9.17, 15) is 24.0 Å². The van der Waals surface area contributed by atoms with Crippen LogP contribution in [0.5, 0.6) is 0 Å². The molecule has 2 aliphatic rings. The third kappa shape index (κ3) is 5.32. The van der Waals surface area contributed by atoms with Crippen LogP contribution >= 0.6 is 0 Å². The molecule has 3 N–H and O–H groups in total. The highest BCUT2D eigenvalue weighted by atomic mass is 16.2. The number of aryl methyl sites for hydroxylation is 2. The van der Waals surface area contributed by atoms with Crippen LogP contribution < -0.4 is 20.9 Å². The monoisotopic (exact) mass is 477 g/mol. The van der Waals surface area contributed by atoms with Crippen LogP contribution in [0, 0.1) is 19.8 Å². The SMILES string of the molecule is Cc1ccc(N2CCC(C(=O)Nc3ccc(NC(=O)CCN4C(=O)CNC4=O)cc3)C2=O)cc1C. The molecule has 2 saturated heterocycles. The van der Waals surface area contributed by atoms with Crippen molar-refractivity contribution < 1.29 is 24.0 Å². The minimum absolute atomic E-state index is 0.000761. The van der Waals surface area contributed by atoms with Gasteiger partial charge in [0.15, 0.2) is 0 Å². The Labute approximate surface area is 202 Å². The summed E-state index contributed by atoms with van der Waals surface area (Å²) in [6.07, 6.45) is 0.404. The lowest BCUT2D eigenvalue weighted by Crippen LogP contribution is -2.33. The van der Waals surface area contributed by atoms with E-state index < -0.39 is 11.9 Å². The lowest BCUT2D eigenvalue weighted by Gasteiger charge is -2.18. The van der Waals surface area contributed by atoms with Crippen LogP contribution in [0.1, 0.15) is 24.0 Å². The molecule has 2 aliphatic heterocycles. The van der Waals surface area contributed by atoms with Gasteiger partial charge in [0, 0.05) is 36.6 Å². The number of anilines is 3. The Bertz CT molecular complexity index is 1180. The number of amides is 6. The third-order valence-electron chi connectivity index (χ3n) is 6.26. The van der Waals surface area contributed by atoms with Gasteiger partial charge in [0.1, 0.15) is 5.92 Å². The number of hydrogen-bond donors (Lipinski definition) is 3. The normalized spacial score (nSPS) is 17.5. The van der Waals surface area contributed by atoms with Crippen LogP contribution in [0.2, 0.25) is 0 Å². The Morgan fingerprint density at radius 1 is 0.971 bits per heavy atom. The van der Waals surface area contributed by atoms with Crippen LogP contribution in [-0.4, -0.2) is 54.2 Å². The van der Waals surface area contributed by atoms with E-state index in [1.54, 1.807) is 29.2 Å². The van der Waals surface area contributed by atoms with Crippen molar-refractivity contribution in [3.8, 4) is 0 Å². The molecule has 2 aromatic rings. The molecule has 0 aliphatic carbocycles. The molecule has 182 valence electrons. The summed E-state index contributed by atoms with van der Waals surface area (Å²) in [6.45, 7) is 4.43. The van der Waals surface area contributed by atoms with Gasteiger partial charge in [-0.25, -0.2) is 4.79 Å². The summed E-state index contributed by atoms with van der Waals surface area (Å²) >= 11 is 0. The van der Waals surface area contributed by atoms with E-state index in [2.05, 4.69) is 16.0 Å². The summed E-state index contributed by atoms with van der Waals surface area (Å²) < 4.78 is 0. The highest BCUT2D eigenvalue weighted by Crippen LogP contribution is 2.28. The average Bonchev–Trinajstić information content (AvgIpc) is 3.37. The summed E-state index contributed by atoms with van der Waals surface area (Å²) in [7, 11) is 0. The van der Waals surface area contributed by atoms with Gasteiger partial charge in [0.25, 0.3) is 0 Å². The van der Waals surface area contributed by atoms with Gasteiger partial charge in [0.2, 0.25) is 23.6 Å². The molecule has 6 amide bonds. The van der Waals surface area contributed by atoms with E-state index in [0.29, 0.717) is 24.3 Å². The number of hydrogen-bond acceptors (Lipinski definition) is 5. The molecule has 2 fully saturated rings. The number of urea groups is 1. The molecule has 0 aromatic heterocycles. The van der Waals surface area contributed by atoms with Gasteiger partial charge in [-0.05, 0) is 67.8 Å². The number of imide groups is 1. The maximum absolute atomic E-state index is 12.9. The summed E-state index contributed by atoms with van der Waals surface area (Å²) in [4.78, 5) is 63.5. The van der Waals surface area contributed by atoms with Crippen LogP contribution in [0.25, 0.3) is 0 Å². The van der Waals surface area contributed by atoms with Gasteiger partial charge in [-0.2, -0.15) is 0 Å². The van der Waals surface area contributed by atoms with Crippen molar-refractivity contribution in [1.82, 2.24) is 10.2 Å². The van der Waals surface area contributed by atoms with Gasteiger partial charge in [-0.3, -0.25) is 24.1 Å². The van der Waals surface area contributed by atoms with Crippen molar-refractivity contribution in [3.63, 3.8) is 0 Å². The highest BCUT2D eigenvalue weighted by molar-refractivity contribution is 6.13. The Morgan fingerprint density at radius 2 is 1.66 bits per heavy atom. The molecule has 0 saturated carbocycles. The molecule has 4 rings (SSSR count). The van der Waals surface area contributed by atoms with Gasteiger partial charge >= 0.3 is 6.03 Å². The van der Waals surface area contributed by atoms with Gasteiger partial charge in [-0.15, -0.1) is 0 Å². The molecule has 0 spiro atoms. The number of carbonyl (C=O) groups is 5. The van der Waals surface area contributed by atoms with Crippen LogP contribution in [0.15, 0.2) is 42.5 Å². The van der Waals surface area contributed by atoms with Crippen molar-refractivity contribution >= 4 is 46.7 Å². The summed E-state index contributed by atoms with van der Waals surface area (Å²) in [5, 5.41) is 7.86. The minimum Gasteiger partial charge on any atom is -0.329 e. The van der Waals surface area contributed by atoms with Gasteiger partial charge in [-0.1, -0.05) is 6.07 Å². The van der Waals surface area contributed by atoms with E-state index in [0.717, 1.165) is 21.7 Å². The van der Waals surface area contributed by atoms with E-state index in [1.165, 1.54) is 0 Å². The second-order valence-corrected chi connectivity index (χ2v) is 8.67. The molecule has 1 unspecified atom stereocenters. The van der Waals surface area contributed by atoms with Crippen molar-refractivity contribution in [2.24, 2.45) is 5.92 Å². The molecule has 10 nitrogen and oxygen atoms in total. The van der Waals surface area contributed by atoms with E-state index in [4.69, 9.17) is 0 Å². The first kappa shape index (κ1) is 23.9. The zero-order chi connectivity index (χ0) is 25.1. The lowest BCUT2D eigenvalue weighted by atomic mass is 10.1. The van der Waals surface area contributed by atoms with Crippen molar-refractivity contribution in [1.29, 1.82) is 0 Å². The van der Waals surface area contributed by atoms with E-state index in [1.807, 2.05) is 32.0 Å². The Kier molecular flexibility index (Phi) is 6.81. The van der Waals surface area contributed by atoms with Crippen molar-refractivity contribution in [2.75, 3.05) is 35.2 Å². The fraction of sp³-hybridized carbons (Fsp3) is 0.320. The maximum atomic E-state index is 12.9. The van der Waals surface area contributed by atoms with E-state index in [-0.39, 0.29) is 43.1 Å². The number of benzene rings is 2. The largest absolute Gasteiger partial charge is 0.329 e. The highest BCUT2D eigenvalue weighted by Gasteiger charge is 2.37. The molecule has 2 aromatic carbocycles. The topological polar surface area (TPSA) is 128 Å². The molecule has 0 bridgehead atoms. The smallest absolute Gasteiger partial charge is 0.324 e. The summed E-state index contributed by atoms with van der Waals surface area (Å²) in [6, 6.07) is 11.8. The van der Waals surface area contributed by atoms with Crippen LogP contribution in [0.4, 0.5) is 21.9 Å². The van der Waals surface area contributed by atoms with Crippen LogP contribution in [0.3, 0.4) is 0 Å². The predicted molar refractivity (Wildman–Crippen MR) is 130 cm³/mol. The second kappa shape index (κ2) is 9.96. The molecule has 2 heterocycles. The quantitative estimate of drug-likeness (QED) is 0.416. The minimum atomic E-state index is -0.763. The average molecular weight is 478 g/mol. The van der Waals surface area contributed by atoms with Gasteiger partial charge < -0.3 is 20.9 Å². The molecule has 0 radical (unpaired) electrons. The van der Waals surface area contributed by atoms with Crippen molar-refractivity contribution in [2.45, 2.75) is 26.7 Å². The molecule has 10 heteroatoms. The number of nitrogens with one attached hydrogen (secondary N) is 3. The Balaban J connectivity index is 1.29. The maximum Gasteiger partial charge on any atom is 0.324 e. The first-order valence-electron chi connectivity index (χ1n) is 11.4. The molecular formula is C25H27N5O5. The summed E-state index contributed by atoms with van der Waals surface area (Å²) in [5.74, 6) is -2.06. The Morgan fingerprint density at radius 3 is 2.29 bits per heavy atom. The van der Waals surface area contributed by atoms with Crippen molar-refractivity contribution in [3.05, 3.63) is 53.6 Å². The molecular weight excluding hydrogens is 450 g/mol. The first-order chi connectivity index (χ1) is 16.7. The standard InChI is InChI=1S/C25H27N5O5/c1-15-3-8-19(13-16(15)2)29-11-9-20(24(29)34)23(33)28-18-6-4-17(5-7-18)27-21(31)10-12-30-22(32)14-26-25(30)35/h3-8,13,20H,9-12,14H2,1-2H3,(H,26,35)(H,27,31)(H,28,33). The van der Waals surface area contributed by atoms with Gasteiger partial charge in [0.05, 0.1) is 6.54 Å². The Hall–Kier alpha value is -4.21. The first-order valence-corrected chi connectivity index (χ1v) is 11.4. The summed E-state index contributed by atoms with van der Waals surface area (Å²) in [5.41, 5.74) is 4.03. The third-order valence-corrected chi connectivity index (χ3v) is 6.26. The molecule has 1 atom stereocenters. The number of nitrogens with zero attached hydrogens (tertiary/aromatic N) is 2. The molecule has 35 heavy (non-hydrogen) atoms. The zero-order valence-corrected chi connectivity index (χ0v) is 19.6. The number of carbonyl (C=O) groups excluding carboxylic acids is 5. The predicted octanol–water partition coefficient (Wildman–Crippen LogP) is 2.18. The zero-order valence-electron chi connectivity index (χ0n) is 19.6. The fourth-order valence-corrected chi connectivity index (χ4v) is 4.06. The van der Waals surface area contributed by atoms with Crippen LogP contribution in [-0.2, 0) is 19.2 Å².